The maximum atomic E-state index is 11.9. The lowest BCUT2D eigenvalue weighted by atomic mass is 9.87. The fourth-order valence-corrected chi connectivity index (χ4v) is 2.69. The van der Waals surface area contributed by atoms with Gasteiger partial charge in [-0.3, -0.25) is 4.79 Å². The fraction of sp³-hybridized carbons (Fsp3) is 0.412. The van der Waals surface area contributed by atoms with Gasteiger partial charge in [-0.05, 0) is 36.5 Å². The summed E-state index contributed by atoms with van der Waals surface area (Å²) >= 11 is 1.62. The van der Waals surface area contributed by atoms with Crippen molar-refractivity contribution >= 4 is 22.9 Å². The molecule has 0 aliphatic rings. The van der Waals surface area contributed by atoms with Crippen LogP contribution in [0.25, 0.3) is 0 Å². The molecule has 1 aromatic heterocycles. The topological polar surface area (TPSA) is 42.0 Å². The zero-order chi connectivity index (χ0) is 15.5. The predicted molar refractivity (Wildman–Crippen MR) is 88.9 cm³/mol. The maximum absolute atomic E-state index is 11.9. The summed E-state index contributed by atoms with van der Waals surface area (Å²) in [4.78, 5) is 16.3. The minimum Gasteiger partial charge on any atom is -0.326 e. The van der Waals surface area contributed by atoms with Gasteiger partial charge in [0.1, 0.15) is 0 Å². The Morgan fingerprint density at radius 2 is 1.90 bits per heavy atom. The highest BCUT2D eigenvalue weighted by molar-refractivity contribution is 7.09. The number of carbonyl (C=O) groups excluding carboxylic acids is 1. The third-order valence-corrected chi connectivity index (χ3v) is 4.13. The van der Waals surface area contributed by atoms with Crippen molar-refractivity contribution < 1.29 is 4.79 Å². The lowest BCUT2D eigenvalue weighted by molar-refractivity contribution is -0.116. The summed E-state index contributed by atoms with van der Waals surface area (Å²) in [6.45, 7) is 8.51. The Balaban J connectivity index is 1.88. The molecule has 0 unspecified atom stereocenters. The summed E-state index contributed by atoms with van der Waals surface area (Å²) in [5, 5.41) is 5.99. The lowest BCUT2D eigenvalue weighted by Crippen LogP contribution is -2.14. The van der Waals surface area contributed by atoms with E-state index in [1.165, 1.54) is 5.56 Å². The number of anilines is 1. The van der Waals surface area contributed by atoms with Crippen LogP contribution >= 0.6 is 11.3 Å². The summed E-state index contributed by atoms with van der Waals surface area (Å²) in [5.74, 6) is 0.0316. The van der Waals surface area contributed by atoms with E-state index in [0.29, 0.717) is 12.8 Å². The van der Waals surface area contributed by atoms with Crippen LogP contribution in [0.3, 0.4) is 0 Å². The third-order valence-electron chi connectivity index (χ3n) is 3.31. The fourth-order valence-electron chi connectivity index (χ4n) is 2.04. The molecule has 2 aromatic rings. The molecule has 4 heteroatoms. The Kier molecular flexibility index (Phi) is 4.78. The Morgan fingerprint density at radius 3 is 2.43 bits per heavy atom. The molecule has 1 N–H and O–H groups in total. The SMILES string of the molecule is Cc1nc(CCC(=O)Nc2ccc(C(C)(C)C)cc2)cs1. The third kappa shape index (κ3) is 4.67. The number of amides is 1. The van der Waals surface area contributed by atoms with Crippen LogP contribution in [0.4, 0.5) is 5.69 Å². The molecule has 0 atom stereocenters. The van der Waals surface area contributed by atoms with Gasteiger partial charge in [0.25, 0.3) is 0 Å². The van der Waals surface area contributed by atoms with E-state index in [1.807, 2.05) is 24.4 Å². The van der Waals surface area contributed by atoms with Gasteiger partial charge in [-0.25, -0.2) is 4.98 Å². The van der Waals surface area contributed by atoms with E-state index in [2.05, 4.69) is 43.2 Å². The molecule has 3 nitrogen and oxygen atoms in total. The first-order valence-electron chi connectivity index (χ1n) is 7.16. The number of rotatable bonds is 4. The smallest absolute Gasteiger partial charge is 0.224 e. The minimum absolute atomic E-state index is 0.0316. The molecule has 1 aromatic carbocycles. The number of hydrogen-bond donors (Lipinski definition) is 1. The number of carbonyl (C=O) groups is 1. The van der Waals surface area contributed by atoms with Gasteiger partial charge in [0.05, 0.1) is 10.7 Å². The number of benzene rings is 1. The zero-order valence-electron chi connectivity index (χ0n) is 13.1. The molecule has 2 rings (SSSR count). The highest BCUT2D eigenvalue weighted by atomic mass is 32.1. The maximum Gasteiger partial charge on any atom is 0.224 e. The van der Waals surface area contributed by atoms with Crippen molar-refractivity contribution in [2.75, 3.05) is 5.32 Å². The second kappa shape index (κ2) is 6.39. The first kappa shape index (κ1) is 15.7. The van der Waals surface area contributed by atoms with E-state index in [0.717, 1.165) is 16.4 Å². The summed E-state index contributed by atoms with van der Waals surface area (Å²) in [5.41, 5.74) is 3.24. The molecule has 1 amide bonds. The second-order valence-corrected chi connectivity index (χ2v) is 7.30. The molecule has 0 fully saturated rings. The molecule has 1 heterocycles. The summed E-state index contributed by atoms with van der Waals surface area (Å²) < 4.78 is 0. The van der Waals surface area contributed by atoms with Crippen molar-refractivity contribution in [2.24, 2.45) is 0 Å². The Morgan fingerprint density at radius 1 is 1.24 bits per heavy atom. The average Bonchev–Trinajstić information content (AvgIpc) is 2.82. The van der Waals surface area contributed by atoms with Crippen LogP contribution in [0.2, 0.25) is 0 Å². The number of aryl methyl sites for hydroxylation is 2. The highest BCUT2D eigenvalue weighted by Gasteiger charge is 2.13. The van der Waals surface area contributed by atoms with Gasteiger partial charge >= 0.3 is 0 Å². The van der Waals surface area contributed by atoms with Crippen LogP contribution in [-0.4, -0.2) is 10.9 Å². The number of nitrogens with one attached hydrogen (secondary N) is 1. The van der Waals surface area contributed by atoms with Gasteiger partial charge in [-0.2, -0.15) is 0 Å². The number of thiazole rings is 1. The molecule has 0 saturated carbocycles. The summed E-state index contributed by atoms with van der Waals surface area (Å²) in [6.07, 6.45) is 1.15. The second-order valence-electron chi connectivity index (χ2n) is 6.23. The van der Waals surface area contributed by atoms with E-state index in [4.69, 9.17) is 0 Å². The quantitative estimate of drug-likeness (QED) is 0.914. The molecular formula is C17H22N2OS. The van der Waals surface area contributed by atoms with Crippen molar-refractivity contribution in [1.82, 2.24) is 4.98 Å². The van der Waals surface area contributed by atoms with Crippen LogP contribution < -0.4 is 5.32 Å². The van der Waals surface area contributed by atoms with Crippen molar-refractivity contribution in [3.63, 3.8) is 0 Å². The number of aromatic nitrogens is 1. The Bertz CT molecular complexity index is 608. The highest BCUT2D eigenvalue weighted by Crippen LogP contribution is 2.23. The van der Waals surface area contributed by atoms with E-state index >= 15 is 0 Å². The molecule has 0 radical (unpaired) electrons. The summed E-state index contributed by atoms with van der Waals surface area (Å²) in [6, 6.07) is 8.07. The van der Waals surface area contributed by atoms with Crippen molar-refractivity contribution in [1.29, 1.82) is 0 Å². The van der Waals surface area contributed by atoms with Crippen LogP contribution in [-0.2, 0) is 16.6 Å². The lowest BCUT2D eigenvalue weighted by Gasteiger charge is -2.19. The first-order valence-corrected chi connectivity index (χ1v) is 8.04. The van der Waals surface area contributed by atoms with Crippen molar-refractivity contribution in [2.45, 2.75) is 46.0 Å². The van der Waals surface area contributed by atoms with Crippen LogP contribution in [0.1, 0.15) is 43.5 Å². The molecule has 112 valence electrons. The molecule has 0 saturated heterocycles. The summed E-state index contributed by atoms with van der Waals surface area (Å²) in [7, 11) is 0. The van der Waals surface area contributed by atoms with Crippen LogP contribution in [0.5, 0.6) is 0 Å². The molecule has 0 spiro atoms. The number of hydrogen-bond acceptors (Lipinski definition) is 3. The van der Waals surface area contributed by atoms with Gasteiger partial charge in [0.2, 0.25) is 5.91 Å². The van der Waals surface area contributed by atoms with E-state index in [-0.39, 0.29) is 11.3 Å². The first-order chi connectivity index (χ1) is 9.84. The van der Waals surface area contributed by atoms with Gasteiger partial charge in [0, 0.05) is 17.5 Å². The molecule has 0 aliphatic heterocycles. The number of nitrogens with zero attached hydrogens (tertiary/aromatic N) is 1. The Labute approximate surface area is 130 Å². The standard InChI is InChI=1S/C17H22N2OS/c1-12-18-15(11-21-12)9-10-16(20)19-14-7-5-13(6-8-14)17(2,3)4/h5-8,11H,9-10H2,1-4H3,(H,19,20). The molecule has 21 heavy (non-hydrogen) atoms. The normalized spacial score (nSPS) is 11.4. The zero-order valence-corrected chi connectivity index (χ0v) is 13.9. The van der Waals surface area contributed by atoms with E-state index in [1.54, 1.807) is 11.3 Å². The van der Waals surface area contributed by atoms with E-state index < -0.39 is 0 Å². The van der Waals surface area contributed by atoms with Crippen molar-refractivity contribution in [3.8, 4) is 0 Å². The Hall–Kier alpha value is -1.68. The minimum atomic E-state index is 0.0316. The molecular weight excluding hydrogens is 280 g/mol. The van der Waals surface area contributed by atoms with Crippen molar-refractivity contribution in [3.05, 3.63) is 45.9 Å². The molecule has 0 bridgehead atoms. The van der Waals surface area contributed by atoms with E-state index in [9.17, 15) is 4.79 Å². The van der Waals surface area contributed by atoms with Gasteiger partial charge in [-0.15, -0.1) is 11.3 Å². The average molecular weight is 302 g/mol. The van der Waals surface area contributed by atoms with Crippen LogP contribution in [0.15, 0.2) is 29.6 Å². The van der Waals surface area contributed by atoms with Crippen LogP contribution in [0, 0.1) is 6.92 Å². The largest absolute Gasteiger partial charge is 0.326 e. The predicted octanol–water partition coefficient (Wildman–Crippen LogP) is 4.32. The van der Waals surface area contributed by atoms with Gasteiger partial charge in [-0.1, -0.05) is 32.9 Å². The molecule has 0 aliphatic carbocycles. The van der Waals surface area contributed by atoms with Gasteiger partial charge < -0.3 is 5.32 Å². The monoisotopic (exact) mass is 302 g/mol. The van der Waals surface area contributed by atoms with Gasteiger partial charge in [0.15, 0.2) is 0 Å².